The number of nitrogens with one attached hydrogen (secondary N) is 1. The molecule has 0 amide bonds. The minimum atomic E-state index is -0.681. The van der Waals surface area contributed by atoms with Crippen molar-refractivity contribution in [3.63, 3.8) is 0 Å². The van der Waals surface area contributed by atoms with Crippen LogP contribution >= 0.6 is 0 Å². The number of aliphatic carboxylic acids is 1. The summed E-state index contributed by atoms with van der Waals surface area (Å²) in [6.45, 7) is 10.1. The van der Waals surface area contributed by atoms with E-state index in [4.69, 9.17) is 0 Å². The van der Waals surface area contributed by atoms with Crippen molar-refractivity contribution in [1.82, 2.24) is 9.97 Å². The van der Waals surface area contributed by atoms with Gasteiger partial charge in [0, 0.05) is 17.8 Å². The number of anilines is 1. The highest BCUT2D eigenvalue weighted by atomic mass is 16.4. The fourth-order valence-electron chi connectivity index (χ4n) is 3.42. The van der Waals surface area contributed by atoms with E-state index in [1.165, 1.54) is 0 Å². The lowest BCUT2D eigenvalue weighted by Crippen LogP contribution is -2.48. The molecule has 1 saturated carbocycles. The number of nitrogens with zero attached hydrogens (tertiary/aromatic N) is 2. The second-order valence-corrected chi connectivity index (χ2v) is 6.77. The maximum absolute atomic E-state index is 11.4. The van der Waals surface area contributed by atoms with Crippen molar-refractivity contribution in [2.75, 3.05) is 5.32 Å². The summed E-state index contributed by atoms with van der Waals surface area (Å²) in [5.74, 6) is 0.881. The van der Waals surface area contributed by atoms with Crippen LogP contribution in [0.1, 0.15) is 45.1 Å². The molecule has 0 spiro atoms. The summed E-state index contributed by atoms with van der Waals surface area (Å²) < 4.78 is 0. The summed E-state index contributed by atoms with van der Waals surface area (Å²) in [4.78, 5) is 20.1. The molecule has 1 fully saturated rings. The first-order valence-corrected chi connectivity index (χ1v) is 7.53. The molecule has 0 aliphatic heterocycles. The van der Waals surface area contributed by atoms with Crippen LogP contribution in [0.25, 0.3) is 0 Å². The molecular formula is C16H25N3O2. The van der Waals surface area contributed by atoms with E-state index in [2.05, 4.69) is 36.1 Å². The van der Waals surface area contributed by atoms with Gasteiger partial charge in [0.25, 0.3) is 0 Å². The van der Waals surface area contributed by atoms with Crippen LogP contribution in [0.3, 0.4) is 0 Å². The highest BCUT2D eigenvalue weighted by molar-refractivity contribution is 5.71. The number of rotatable bonds is 3. The van der Waals surface area contributed by atoms with E-state index in [1.807, 2.05) is 19.9 Å². The van der Waals surface area contributed by atoms with Crippen LogP contribution in [-0.4, -0.2) is 27.1 Å². The summed E-state index contributed by atoms with van der Waals surface area (Å²) in [6, 6.07) is 2.18. The number of aromatic nitrogens is 2. The van der Waals surface area contributed by atoms with E-state index in [0.29, 0.717) is 6.42 Å². The Labute approximate surface area is 126 Å². The molecule has 0 saturated heterocycles. The summed E-state index contributed by atoms with van der Waals surface area (Å²) in [6.07, 6.45) is 1.55. The third-order valence-corrected chi connectivity index (χ3v) is 5.04. The van der Waals surface area contributed by atoms with Crippen LogP contribution in [0.2, 0.25) is 0 Å². The predicted molar refractivity (Wildman–Crippen MR) is 82.2 cm³/mol. The second-order valence-electron chi connectivity index (χ2n) is 6.77. The molecule has 3 unspecified atom stereocenters. The molecule has 0 bridgehead atoms. The number of carbonyl (C=O) groups is 1. The van der Waals surface area contributed by atoms with Gasteiger partial charge in [0.2, 0.25) is 0 Å². The fourth-order valence-corrected chi connectivity index (χ4v) is 3.42. The van der Waals surface area contributed by atoms with E-state index in [0.717, 1.165) is 23.8 Å². The molecule has 21 heavy (non-hydrogen) atoms. The van der Waals surface area contributed by atoms with Gasteiger partial charge in [0.05, 0.1) is 5.92 Å². The third-order valence-electron chi connectivity index (χ3n) is 5.04. The lowest BCUT2D eigenvalue weighted by atomic mass is 9.61. The molecule has 2 rings (SSSR count). The van der Waals surface area contributed by atoms with Crippen LogP contribution in [-0.2, 0) is 4.79 Å². The van der Waals surface area contributed by atoms with Gasteiger partial charge in [0.1, 0.15) is 11.6 Å². The number of hydrogen-bond acceptors (Lipinski definition) is 4. The quantitative estimate of drug-likeness (QED) is 0.895. The Kier molecular flexibility index (Phi) is 4.21. The molecular weight excluding hydrogens is 266 g/mol. The molecule has 0 radical (unpaired) electrons. The van der Waals surface area contributed by atoms with E-state index < -0.39 is 5.97 Å². The predicted octanol–water partition coefficient (Wildman–Crippen LogP) is 3.03. The molecule has 1 aromatic heterocycles. The second kappa shape index (κ2) is 5.62. The Morgan fingerprint density at radius 2 is 2.00 bits per heavy atom. The Morgan fingerprint density at radius 3 is 2.57 bits per heavy atom. The zero-order valence-corrected chi connectivity index (χ0v) is 13.5. The third kappa shape index (κ3) is 3.17. The average molecular weight is 291 g/mol. The fraction of sp³-hybridized carbons (Fsp3) is 0.688. The van der Waals surface area contributed by atoms with Gasteiger partial charge in [-0.2, -0.15) is 0 Å². The molecule has 2 N–H and O–H groups in total. The Balaban J connectivity index is 2.17. The standard InChI is InChI=1S/C16H25N3O2/c1-9-8-14(18-11(3)17-9)19-13-7-6-12(15(20)21)16(4,5)10(13)2/h8,10,12-13H,6-7H2,1-5H3,(H,20,21)(H,17,18,19). The highest BCUT2D eigenvalue weighted by Crippen LogP contribution is 2.45. The smallest absolute Gasteiger partial charge is 0.307 e. The zero-order chi connectivity index (χ0) is 15.8. The normalized spacial score (nSPS) is 28.1. The number of carboxylic acid groups (broad SMARTS) is 1. The van der Waals surface area contributed by atoms with Gasteiger partial charge in [-0.25, -0.2) is 9.97 Å². The van der Waals surface area contributed by atoms with E-state index in [9.17, 15) is 9.90 Å². The summed E-state index contributed by atoms with van der Waals surface area (Å²) in [7, 11) is 0. The molecule has 3 atom stereocenters. The molecule has 5 nitrogen and oxygen atoms in total. The first-order chi connectivity index (χ1) is 9.71. The minimum absolute atomic E-state index is 0.237. The zero-order valence-electron chi connectivity index (χ0n) is 13.5. The molecule has 1 aliphatic carbocycles. The summed E-state index contributed by atoms with van der Waals surface area (Å²) >= 11 is 0. The van der Waals surface area contributed by atoms with Gasteiger partial charge in [-0.3, -0.25) is 4.79 Å². The SMILES string of the molecule is Cc1cc(NC2CCC(C(=O)O)C(C)(C)C2C)nc(C)n1. The topological polar surface area (TPSA) is 75.1 Å². The van der Waals surface area contributed by atoms with E-state index in [1.54, 1.807) is 0 Å². The number of hydrogen-bond donors (Lipinski definition) is 2. The molecule has 0 aromatic carbocycles. The van der Waals surface area contributed by atoms with E-state index >= 15 is 0 Å². The lowest BCUT2D eigenvalue weighted by molar-refractivity contribution is -0.149. The maximum atomic E-state index is 11.4. The van der Waals surface area contributed by atoms with Crippen LogP contribution in [0.15, 0.2) is 6.07 Å². The van der Waals surface area contributed by atoms with Crippen molar-refractivity contribution in [3.8, 4) is 0 Å². The van der Waals surface area contributed by atoms with Crippen molar-refractivity contribution < 1.29 is 9.90 Å². The largest absolute Gasteiger partial charge is 0.481 e. The van der Waals surface area contributed by atoms with Gasteiger partial charge in [0.15, 0.2) is 0 Å². The van der Waals surface area contributed by atoms with Crippen molar-refractivity contribution in [1.29, 1.82) is 0 Å². The Bertz CT molecular complexity index is 522. The first kappa shape index (κ1) is 15.7. The summed E-state index contributed by atoms with van der Waals surface area (Å²) in [5, 5.41) is 12.9. The van der Waals surface area contributed by atoms with Crippen LogP contribution in [0.4, 0.5) is 5.82 Å². The van der Waals surface area contributed by atoms with Crippen LogP contribution in [0.5, 0.6) is 0 Å². The average Bonchev–Trinajstić information content (AvgIpc) is 2.33. The van der Waals surface area contributed by atoms with Gasteiger partial charge < -0.3 is 10.4 Å². The van der Waals surface area contributed by atoms with Crippen molar-refractivity contribution in [2.45, 2.75) is 53.5 Å². The summed E-state index contributed by atoms with van der Waals surface area (Å²) in [5.41, 5.74) is 0.704. The Hall–Kier alpha value is -1.65. The maximum Gasteiger partial charge on any atom is 0.307 e. The first-order valence-electron chi connectivity index (χ1n) is 7.53. The van der Waals surface area contributed by atoms with Crippen LogP contribution < -0.4 is 5.32 Å². The molecule has 116 valence electrons. The highest BCUT2D eigenvalue weighted by Gasteiger charge is 2.46. The van der Waals surface area contributed by atoms with Gasteiger partial charge in [-0.15, -0.1) is 0 Å². The molecule has 1 heterocycles. The van der Waals surface area contributed by atoms with E-state index in [-0.39, 0.29) is 23.3 Å². The number of carboxylic acids is 1. The molecule has 1 aromatic rings. The Morgan fingerprint density at radius 1 is 1.33 bits per heavy atom. The van der Waals surface area contributed by atoms with Gasteiger partial charge >= 0.3 is 5.97 Å². The van der Waals surface area contributed by atoms with Gasteiger partial charge in [-0.1, -0.05) is 20.8 Å². The molecule has 1 aliphatic rings. The van der Waals surface area contributed by atoms with Crippen LogP contribution in [0, 0.1) is 31.1 Å². The van der Waals surface area contributed by atoms with Crippen molar-refractivity contribution in [3.05, 3.63) is 17.6 Å². The lowest BCUT2D eigenvalue weighted by Gasteiger charge is -2.46. The number of aryl methyl sites for hydroxylation is 2. The molecule has 5 heteroatoms. The van der Waals surface area contributed by atoms with Gasteiger partial charge in [-0.05, 0) is 38.0 Å². The minimum Gasteiger partial charge on any atom is -0.481 e. The van der Waals surface area contributed by atoms with Crippen molar-refractivity contribution in [2.24, 2.45) is 17.3 Å². The monoisotopic (exact) mass is 291 g/mol. The van der Waals surface area contributed by atoms with Crippen molar-refractivity contribution >= 4 is 11.8 Å².